The number of halogens is 1. The summed E-state index contributed by atoms with van der Waals surface area (Å²) in [6, 6.07) is 11.3. The lowest BCUT2D eigenvalue weighted by atomic mass is 10.0. The van der Waals surface area contributed by atoms with Crippen molar-refractivity contribution in [1.82, 2.24) is 5.32 Å². The third-order valence-corrected chi connectivity index (χ3v) is 5.78. The average Bonchev–Trinajstić information content (AvgIpc) is 2.54. The van der Waals surface area contributed by atoms with Crippen LogP contribution in [0.25, 0.3) is 0 Å². The molecule has 0 spiro atoms. The molecule has 1 heterocycles. The zero-order valence-corrected chi connectivity index (χ0v) is 14.0. The van der Waals surface area contributed by atoms with E-state index >= 15 is 0 Å². The predicted octanol–water partition coefficient (Wildman–Crippen LogP) is 2.64. The van der Waals surface area contributed by atoms with Crippen LogP contribution in [0, 0.1) is 0 Å². The van der Waals surface area contributed by atoms with Gasteiger partial charge in [0.2, 0.25) is 0 Å². The molecule has 6 heteroatoms. The van der Waals surface area contributed by atoms with E-state index < -0.39 is 21.4 Å². The Hall–Kier alpha value is -1.69. The molecule has 0 aromatic heterocycles. The van der Waals surface area contributed by atoms with Crippen molar-refractivity contribution in [2.45, 2.75) is 17.9 Å². The molecule has 0 unspecified atom stereocenters. The van der Waals surface area contributed by atoms with Crippen LogP contribution in [0.4, 0.5) is 0 Å². The zero-order valence-electron chi connectivity index (χ0n) is 12.4. The summed E-state index contributed by atoms with van der Waals surface area (Å²) in [5.41, 5.74) is 2.49. The average molecular weight is 350 g/mol. The van der Waals surface area contributed by atoms with E-state index in [1.165, 1.54) is 12.1 Å². The highest BCUT2D eigenvalue weighted by Gasteiger charge is 2.22. The number of hydrogen-bond acceptors (Lipinski definition) is 4. The maximum Gasteiger partial charge on any atom is 0.185 e. The number of benzene rings is 2. The molecule has 1 N–H and O–H groups in total. The number of hydrogen-bond donors (Lipinski definition) is 1. The van der Waals surface area contributed by atoms with Crippen LogP contribution in [-0.4, -0.2) is 26.5 Å². The van der Waals surface area contributed by atoms with Gasteiger partial charge in [-0.3, -0.25) is 4.79 Å². The molecule has 2 aromatic carbocycles. The van der Waals surface area contributed by atoms with Gasteiger partial charge in [-0.25, -0.2) is 8.42 Å². The van der Waals surface area contributed by atoms with Gasteiger partial charge in [0.1, 0.15) is 5.75 Å². The van der Waals surface area contributed by atoms with E-state index in [1.54, 1.807) is 24.3 Å². The van der Waals surface area contributed by atoms with E-state index in [4.69, 9.17) is 11.6 Å². The second-order valence-electron chi connectivity index (χ2n) is 5.55. The van der Waals surface area contributed by atoms with Gasteiger partial charge in [0.05, 0.1) is 4.90 Å². The van der Waals surface area contributed by atoms with Crippen molar-refractivity contribution in [2.24, 2.45) is 0 Å². The molecule has 2 aromatic rings. The van der Waals surface area contributed by atoms with Gasteiger partial charge in [0.15, 0.2) is 15.6 Å². The number of sulfone groups is 1. The summed E-state index contributed by atoms with van der Waals surface area (Å²) in [5, 5.41) is 3.72. The van der Waals surface area contributed by atoms with Gasteiger partial charge in [0, 0.05) is 17.1 Å². The lowest BCUT2D eigenvalue weighted by Gasteiger charge is -2.17. The van der Waals surface area contributed by atoms with Crippen molar-refractivity contribution in [1.29, 1.82) is 0 Å². The molecular formula is C17H16ClNO3S. The molecule has 0 fully saturated rings. The first-order chi connectivity index (χ1) is 11.0. The highest BCUT2D eigenvalue weighted by molar-refractivity contribution is 7.92. The lowest BCUT2D eigenvalue weighted by molar-refractivity contribution is 0.102. The fourth-order valence-electron chi connectivity index (χ4n) is 2.63. The number of Topliss-reactive ketones (excluding diaryl/α,β-unsaturated/α-hetero) is 1. The zero-order chi connectivity index (χ0) is 16.4. The van der Waals surface area contributed by atoms with Crippen LogP contribution in [-0.2, 0) is 22.8 Å². The Balaban J connectivity index is 1.84. The van der Waals surface area contributed by atoms with Crippen molar-refractivity contribution in [3.8, 4) is 0 Å². The quantitative estimate of drug-likeness (QED) is 0.862. The van der Waals surface area contributed by atoms with Crippen LogP contribution in [0.3, 0.4) is 0 Å². The molecule has 23 heavy (non-hydrogen) atoms. The van der Waals surface area contributed by atoms with Crippen LogP contribution in [0.15, 0.2) is 47.4 Å². The second-order valence-corrected chi connectivity index (χ2v) is 7.97. The largest absolute Gasteiger partial charge is 0.312 e. The lowest BCUT2D eigenvalue weighted by Crippen LogP contribution is -2.24. The van der Waals surface area contributed by atoms with Gasteiger partial charge in [-0.05, 0) is 60.5 Å². The van der Waals surface area contributed by atoms with Gasteiger partial charge >= 0.3 is 0 Å². The third-order valence-electron chi connectivity index (χ3n) is 3.91. The number of rotatable bonds is 4. The summed E-state index contributed by atoms with van der Waals surface area (Å²) < 4.78 is 25.0. The first-order valence-electron chi connectivity index (χ1n) is 7.30. The van der Waals surface area contributed by atoms with Crippen molar-refractivity contribution in [2.75, 3.05) is 12.3 Å². The molecule has 3 rings (SSSR count). The highest BCUT2D eigenvalue weighted by atomic mass is 35.5. The van der Waals surface area contributed by atoms with Gasteiger partial charge in [0.25, 0.3) is 0 Å². The van der Waals surface area contributed by atoms with E-state index in [0.29, 0.717) is 17.1 Å². The molecule has 0 saturated carbocycles. The minimum absolute atomic E-state index is 0.197. The van der Waals surface area contributed by atoms with E-state index in [2.05, 4.69) is 5.32 Å². The van der Waals surface area contributed by atoms with Crippen LogP contribution in [0.5, 0.6) is 0 Å². The Kier molecular flexibility index (Phi) is 4.53. The molecule has 0 amide bonds. The fraction of sp³-hybridized carbons (Fsp3) is 0.235. The molecule has 1 aliphatic heterocycles. The predicted molar refractivity (Wildman–Crippen MR) is 89.7 cm³/mol. The Bertz CT molecular complexity index is 845. The van der Waals surface area contributed by atoms with Crippen LogP contribution >= 0.6 is 11.6 Å². The Morgan fingerprint density at radius 3 is 2.57 bits per heavy atom. The van der Waals surface area contributed by atoms with Crippen LogP contribution in [0.1, 0.15) is 21.5 Å². The molecule has 0 bridgehead atoms. The summed E-state index contributed by atoms with van der Waals surface area (Å²) in [7, 11) is -3.66. The number of fused-ring (bicyclic) bond motifs is 1. The number of nitrogens with one attached hydrogen (secondary N) is 1. The summed E-state index contributed by atoms with van der Waals surface area (Å²) in [6.07, 6.45) is 0.888. The summed E-state index contributed by atoms with van der Waals surface area (Å²) in [6.45, 7) is 1.55. The van der Waals surface area contributed by atoms with Crippen molar-refractivity contribution in [3.05, 3.63) is 64.2 Å². The Labute approximate surface area is 140 Å². The van der Waals surface area contributed by atoms with Gasteiger partial charge in [-0.15, -0.1) is 0 Å². The molecular weight excluding hydrogens is 334 g/mol. The molecule has 0 radical (unpaired) electrons. The maximum atomic E-state index is 12.5. The molecule has 0 atom stereocenters. The first kappa shape index (κ1) is 16.2. The van der Waals surface area contributed by atoms with Crippen molar-refractivity contribution < 1.29 is 13.2 Å². The molecule has 1 aliphatic rings. The minimum Gasteiger partial charge on any atom is -0.312 e. The third kappa shape index (κ3) is 3.63. The topological polar surface area (TPSA) is 63.2 Å². The molecule has 120 valence electrons. The fourth-order valence-corrected chi connectivity index (χ4v) is 4.03. The monoisotopic (exact) mass is 349 g/mol. The normalized spacial score (nSPS) is 14.3. The first-order valence-corrected chi connectivity index (χ1v) is 9.33. The molecule has 0 saturated heterocycles. The van der Waals surface area contributed by atoms with E-state index in [0.717, 1.165) is 24.1 Å². The van der Waals surface area contributed by atoms with E-state index in [1.807, 2.05) is 6.07 Å². The molecule has 4 nitrogen and oxygen atoms in total. The van der Waals surface area contributed by atoms with Crippen LogP contribution < -0.4 is 5.32 Å². The van der Waals surface area contributed by atoms with E-state index in [-0.39, 0.29) is 4.90 Å². The standard InChI is InChI=1S/C17H16ClNO3S/c18-15-4-1-13(2-5-15)17(20)11-23(21,22)16-6-3-12-7-8-19-10-14(12)9-16/h1-6,9,19H,7-8,10-11H2. The minimum atomic E-state index is -3.66. The van der Waals surface area contributed by atoms with E-state index in [9.17, 15) is 13.2 Å². The SMILES string of the molecule is O=C(CS(=O)(=O)c1ccc2c(c1)CNCC2)c1ccc(Cl)cc1. The highest BCUT2D eigenvalue weighted by Crippen LogP contribution is 2.21. The molecule has 0 aliphatic carbocycles. The van der Waals surface area contributed by atoms with Gasteiger partial charge in [-0.1, -0.05) is 17.7 Å². The van der Waals surface area contributed by atoms with Crippen molar-refractivity contribution >= 4 is 27.2 Å². The smallest absolute Gasteiger partial charge is 0.185 e. The summed E-state index contributed by atoms with van der Waals surface area (Å²) in [4.78, 5) is 12.4. The van der Waals surface area contributed by atoms with Gasteiger partial charge in [-0.2, -0.15) is 0 Å². The van der Waals surface area contributed by atoms with Crippen molar-refractivity contribution in [3.63, 3.8) is 0 Å². The summed E-state index contributed by atoms with van der Waals surface area (Å²) in [5.74, 6) is -0.974. The second kappa shape index (κ2) is 6.43. The number of carbonyl (C=O) groups is 1. The number of ketones is 1. The van der Waals surface area contributed by atoms with Crippen LogP contribution in [0.2, 0.25) is 5.02 Å². The maximum absolute atomic E-state index is 12.5. The Morgan fingerprint density at radius 1 is 1.09 bits per heavy atom. The summed E-state index contributed by atoms with van der Waals surface area (Å²) >= 11 is 5.78. The number of carbonyl (C=O) groups excluding carboxylic acids is 1. The Morgan fingerprint density at radius 2 is 1.83 bits per heavy atom. The van der Waals surface area contributed by atoms with Gasteiger partial charge < -0.3 is 5.32 Å².